The van der Waals surface area contributed by atoms with Gasteiger partial charge in [-0.1, -0.05) is 13.8 Å². The van der Waals surface area contributed by atoms with Crippen molar-refractivity contribution in [2.45, 2.75) is 33.1 Å². The van der Waals surface area contributed by atoms with Crippen molar-refractivity contribution in [2.75, 3.05) is 12.4 Å². The maximum Gasteiger partial charge on any atom is 0.310 e. The van der Waals surface area contributed by atoms with Crippen LogP contribution in [0.15, 0.2) is 18.2 Å². The molecule has 1 amide bonds. The number of carboxylic acids is 1. The molecule has 0 atom stereocenters. The van der Waals surface area contributed by atoms with E-state index in [1.54, 1.807) is 13.8 Å². The lowest BCUT2D eigenvalue weighted by Gasteiger charge is -2.26. The number of nitrogens with one attached hydrogen (secondary N) is 1. The van der Waals surface area contributed by atoms with Crippen molar-refractivity contribution in [3.8, 4) is 5.75 Å². The number of aliphatic carboxylic acids is 1. The van der Waals surface area contributed by atoms with Gasteiger partial charge in [-0.3, -0.25) is 9.59 Å². The molecule has 0 bridgehead atoms. The Bertz CT molecular complexity index is 526. The lowest BCUT2D eigenvalue weighted by atomic mass is 9.79. The molecular formula is C15H20FNO4. The molecule has 0 aliphatic carbocycles. The molecule has 0 fully saturated rings. The van der Waals surface area contributed by atoms with Gasteiger partial charge in [-0.05, 0) is 25.0 Å². The predicted octanol–water partition coefficient (Wildman–Crippen LogP) is 3.05. The Kier molecular flexibility index (Phi) is 5.69. The number of benzene rings is 1. The van der Waals surface area contributed by atoms with Crippen LogP contribution >= 0.6 is 0 Å². The fourth-order valence-electron chi connectivity index (χ4n) is 2.15. The van der Waals surface area contributed by atoms with E-state index in [0.29, 0.717) is 18.5 Å². The monoisotopic (exact) mass is 297 g/mol. The average Bonchev–Trinajstić information content (AvgIpc) is 2.46. The summed E-state index contributed by atoms with van der Waals surface area (Å²) in [5.41, 5.74) is -0.771. The number of ether oxygens (including phenoxy) is 1. The van der Waals surface area contributed by atoms with Gasteiger partial charge in [0.15, 0.2) is 0 Å². The number of hydrogen-bond acceptors (Lipinski definition) is 3. The fourth-order valence-corrected chi connectivity index (χ4v) is 2.15. The normalized spacial score (nSPS) is 11.0. The summed E-state index contributed by atoms with van der Waals surface area (Å²) in [6, 6.07) is 3.73. The molecule has 0 spiro atoms. The van der Waals surface area contributed by atoms with Gasteiger partial charge in [-0.2, -0.15) is 0 Å². The van der Waals surface area contributed by atoms with Gasteiger partial charge in [0.1, 0.15) is 11.6 Å². The number of anilines is 1. The lowest BCUT2D eigenvalue weighted by Crippen LogP contribution is -2.34. The van der Waals surface area contributed by atoms with Crippen LogP contribution in [-0.2, 0) is 9.59 Å². The molecule has 6 heteroatoms. The maximum atomic E-state index is 13.1. The van der Waals surface area contributed by atoms with Crippen LogP contribution in [0.4, 0.5) is 10.1 Å². The van der Waals surface area contributed by atoms with E-state index in [-0.39, 0.29) is 12.2 Å². The second-order valence-electron chi connectivity index (χ2n) is 4.86. The van der Waals surface area contributed by atoms with Crippen LogP contribution in [0.3, 0.4) is 0 Å². The number of methoxy groups -OCH3 is 1. The van der Waals surface area contributed by atoms with Gasteiger partial charge < -0.3 is 15.2 Å². The lowest BCUT2D eigenvalue weighted by molar-refractivity contribution is -0.151. The van der Waals surface area contributed by atoms with Crippen LogP contribution in [0.5, 0.6) is 5.75 Å². The molecule has 0 aliphatic heterocycles. The molecule has 0 saturated carbocycles. The SMILES string of the molecule is CCC(CC)(CC(=O)Nc1ccc(F)cc1OC)C(=O)O. The minimum atomic E-state index is -1.09. The van der Waals surface area contributed by atoms with Gasteiger partial charge >= 0.3 is 5.97 Å². The first-order valence-electron chi connectivity index (χ1n) is 6.75. The van der Waals surface area contributed by atoms with Crippen molar-refractivity contribution in [3.63, 3.8) is 0 Å². The minimum Gasteiger partial charge on any atom is -0.494 e. The van der Waals surface area contributed by atoms with Gasteiger partial charge in [0.25, 0.3) is 0 Å². The summed E-state index contributed by atoms with van der Waals surface area (Å²) in [6.07, 6.45) is 0.565. The molecule has 21 heavy (non-hydrogen) atoms. The second kappa shape index (κ2) is 7.06. The van der Waals surface area contributed by atoms with Crippen molar-refractivity contribution in [3.05, 3.63) is 24.0 Å². The molecule has 0 aromatic heterocycles. The maximum absolute atomic E-state index is 13.1. The summed E-state index contributed by atoms with van der Waals surface area (Å²) >= 11 is 0. The van der Waals surface area contributed by atoms with Crippen molar-refractivity contribution in [1.29, 1.82) is 0 Å². The molecule has 5 nitrogen and oxygen atoms in total. The summed E-state index contributed by atoms with van der Waals surface area (Å²) in [5.74, 6) is -1.72. The van der Waals surface area contributed by atoms with Crippen molar-refractivity contribution < 1.29 is 23.8 Å². The summed E-state index contributed by atoms with van der Waals surface area (Å²) < 4.78 is 18.1. The minimum absolute atomic E-state index is 0.143. The van der Waals surface area contributed by atoms with E-state index in [9.17, 15) is 19.1 Å². The highest BCUT2D eigenvalue weighted by Crippen LogP contribution is 2.32. The van der Waals surface area contributed by atoms with E-state index in [0.717, 1.165) is 6.07 Å². The summed E-state index contributed by atoms with van der Waals surface area (Å²) in [4.78, 5) is 23.5. The highest BCUT2D eigenvalue weighted by molar-refractivity contribution is 5.95. The summed E-state index contributed by atoms with van der Waals surface area (Å²) in [7, 11) is 1.37. The Morgan fingerprint density at radius 1 is 1.33 bits per heavy atom. The predicted molar refractivity (Wildman–Crippen MR) is 76.8 cm³/mol. The van der Waals surface area contributed by atoms with Crippen LogP contribution in [0.25, 0.3) is 0 Å². The number of hydrogen-bond donors (Lipinski definition) is 2. The largest absolute Gasteiger partial charge is 0.494 e. The van der Waals surface area contributed by atoms with Gasteiger partial charge in [0.05, 0.1) is 18.2 Å². The number of halogens is 1. The molecule has 116 valence electrons. The number of carbonyl (C=O) groups excluding carboxylic acids is 1. The third-order valence-corrected chi connectivity index (χ3v) is 3.74. The van der Waals surface area contributed by atoms with Crippen LogP contribution in [-0.4, -0.2) is 24.1 Å². The summed E-state index contributed by atoms with van der Waals surface area (Å²) in [5, 5.41) is 11.9. The first-order valence-corrected chi connectivity index (χ1v) is 6.75. The van der Waals surface area contributed by atoms with E-state index in [1.165, 1.54) is 19.2 Å². The van der Waals surface area contributed by atoms with Crippen LogP contribution in [0.2, 0.25) is 0 Å². The van der Waals surface area contributed by atoms with Crippen LogP contribution < -0.4 is 10.1 Å². The Morgan fingerprint density at radius 2 is 1.95 bits per heavy atom. The Morgan fingerprint density at radius 3 is 2.43 bits per heavy atom. The fraction of sp³-hybridized carbons (Fsp3) is 0.467. The quantitative estimate of drug-likeness (QED) is 0.811. The smallest absolute Gasteiger partial charge is 0.310 e. The second-order valence-corrected chi connectivity index (χ2v) is 4.86. The van der Waals surface area contributed by atoms with Crippen molar-refractivity contribution in [2.24, 2.45) is 5.41 Å². The zero-order valence-electron chi connectivity index (χ0n) is 12.4. The van der Waals surface area contributed by atoms with Gasteiger partial charge in [0, 0.05) is 12.5 Å². The molecule has 0 saturated heterocycles. The zero-order chi connectivity index (χ0) is 16.0. The van der Waals surface area contributed by atoms with Crippen molar-refractivity contribution >= 4 is 17.6 Å². The Labute approximate surface area is 123 Å². The highest BCUT2D eigenvalue weighted by Gasteiger charge is 2.37. The zero-order valence-corrected chi connectivity index (χ0v) is 12.4. The molecular weight excluding hydrogens is 277 g/mol. The molecule has 2 N–H and O–H groups in total. The molecule has 0 unspecified atom stereocenters. The molecule has 1 rings (SSSR count). The molecule has 1 aromatic carbocycles. The number of amides is 1. The first kappa shape index (κ1) is 16.9. The van der Waals surface area contributed by atoms with Crippen LogP contribution in [0.1, 0.15) is 33.1 Å². The molecule has 0 radical (unpaired) electrons. The number of carbonyl (C=O) groups is 2. The van der Waals surface area contributed by atoms with E-state index < -0.39 is 23.1 Å². The van der Waals surface area contributed by atoms with E-state index in [4.69, 9.17) is 4.74 Å². The molecule has 0 heterocycles. The van der Waals surface area contributed by atoms with E-state index in [1.807, 2.05) is 0 Å². The number of carboxylic acid groups (broad SMARTS) is 1. The van der Waals surface area contributed by atoms with Gasteiger partial charge in [-0.25, -0.2) is 4.39 Å². The Balaban J connectivity index is 2.89. The molecule has 0 aliphatic rings. The van der Waals surface area contributed by atoms with Crippen molar-refractivity contribution in [1.82, 2.24) is 0 Å². The van der Waals surface area contributed by atoms with Gasteiger partial charge in [0.2, 0.25) is 5.91 Å². The molecule has 1 aromatic rings. The third kappa shape index (κ3) is 3.93. The van der Waals surface area contributed by atoms with Gasteiger partial charge in [-0.15, -0.1) is 0 Å². The number of rotatable bonds is 7. The standard InChI is InChI=1S/C15H20FNO4/c1-4-15(5-2,14(19)20)9-13(18)17-11-7-6-10(16)8-12(11)21-3/h6-8H,4-5,9H2,1-3H3,(H,17,18)(H,19,20). The topological polar surface area (TPSA) is 75.6 Å². The highest BCUT2D eigenvalue weighted by atomic mass is 19.1. The third-order valence-electron chi connectivity index (χ3n) is 3.74. The van der Waals surface area contributed by atoms with E-state index >= 15 is 0 Å². The van der Waals surface area contributed by atoms with Crippen LogP contribution in [0, 0.1) is 11.2 Å². The average molecular weight is 297 g/mol. The van der Waals surface area contributed by atoms with E-state index in [2.05, 4.69) is 5.32 Å². The first-order chi connectivity index (χ1) is 9.88. The summed E-state index contributed by atoms with van der Waals surface area (Å²) in [6.45, 7) is 3.48. The Hall–Kier alpha value is -2.11.